The summed E-state index contributed by atoms with van der Waals surface area (Å²) in [6, 6.07) is 9.02. The van der Waals surface area contributed by atoms with E-state index in [1.165, 1.54) is 20.0 Å². The number of rotatable bonds is 8. The highest BCUT2D eigenvalue weighted by Crippen LogP contribution is 2.35. The predicted molar refractivity (Wildman–Crippen MR) is 130 cm³/mol. The van der Waals surface area contributed by atoms with Gasteiger partial charge in [0.05, 0.1) is 11.9 Å². The van der Waals surface area contributed by atoms with Crippen LogP contribution in [-0.2, 0) is 26.6 Å². The van der Waals surface area contributed by atoms with Gasteiger partial charge in [0.2, 0.25) is 5.91 Å². The molecule has 206 valence electrons. The molecular weight excluding hydrogens is 526 g/mol. The Hall–Kier alpha value is -4.62. The third-order valence-electron chi connectivity index (χ3n) is 5.54. The summed E-state index contributed by atoms with van der Waals surface area (Å²) in [6.07, 6.45) is -4.39. The number of halogens is 4. The largest absolute Gasteiger partial charge is 0.454 e. The van der Waals surface area contributed by atoms with Crippen LogP contribution in [0.3, 0.4) is 0 Å². The molecule has 1 unspecified atom stereocenters. The molecule has 2 N–H and O–H groups in total. The fourth-order valence-electron chi connectivity index (χ4n) is 3.80. The molecule has 0 radical (unpaired) electrons. The predicted octanol–water partition coefficient (Wildman–Crippen LogP) is 3.77. The lowest BCUT2D eigenvalue weighted by molar-refractivity contribution is -0.186. The molecule has 0 spiro atoms. The molecule has 2 amide bonds. The summed E-state index contributed by atoms with van der Waals surface area (Å²) in [6.45, 7) is 2.94. The number of amides is 2. The molecule has 0 aliphatic rings. The van der Waals surface area contributed by atoms with Crippen LogP contribution in [0.4, 0.5) is 28.0 Å². The first-order chi connectivity index (χ1) is 18.3. The molecule has 2 aromatic heterocycles. The van der Waals surface area contributed by atoms with Crippen molar-refractivity contribution >= 4 is 23.5 Å². The Labute approximate surface area is 219 Å². The molecular formula is C25H23F4N5O5. The van der Waals surface area contributed by atoms with Crippen molar-refractivity contribution in [1.82, 2.24) is 19.9 Å². The molecule has 10 nitrogen and oxygen atoms in total. The van der Waals surface area contributed by atoms with Crippen molar-refractivity contribution in [3.63, 3.8) is 0 Å². The lowest BCUT2D eigenvalue weighted by atomic mass is 9.89. The normalized spacial score (nSPS) is 12.9. The molecule has 1 atom stereocenters. The molecule has 2 heterocycles. The van der Waals surface area contributed by atoms with Crippen LogP contribution < -0.4 is 16.2 Å². The third-order valence-corrected chi connectivity index (χ3v) is 5.54. The van der Waals surface area contributed by atoms with Crippen LogP contribution in [0.25, 0.3) is 11.4 Å². The summed E-state index contributed by atoms with van der Waals surface area (Å²) in [5, 5.41) is 4.09. The van der Waals surface area contributed by atoms with E-state index < -0.39 is 58.4 Å². The zero-order valence-corrected chi connectivity index (χ0v) is 20.9. The number of carbonyl (C=O) groups is 3. The van der Waals surface area contributed by atoms with Gasteiger partial charge in [0, 0.05) is 24.6 Å². The topological polar surface area (TPSA) is 132 Å². The van der Waals surface area contributed by atoms with Crippen molar-refractivity contribution in [2.75, 3.05) is 5.32 Å². The zero-order valence-electron chi connectivity index (χ0n) is 20.9. The Kier molecular flexibility index (Phi) is 8.47. The molecule has 0 aliphatic carbocycles. The molecule has 0 bridgehead atoms. The van der Waals surface area contributed by atoms with Crippen molar-refractivity contribution in [2.24, 2.45) is 5.92 Å². The number of pyridine rings is 1. The highest BCUT2D eigenvalue weighted by atomic mass is 19.4. The van der Waals surface area contributed by atoms with Crippen molar-refractivity contribution in [3.05, 3.63) is 76.7 Å². The van der Waals surface area contributed by atoms with Gasteiger partial charge in [0.1, 0.15) is 23.9 Å². The molecule has 0 saturated carbocycles. The summed E-state index contributed by atoms with van der Waals surface area (Å²) < 4.78 is 60.8. The van der Waals surface area contributed by atoms with Gasteiger partial charge in [-0.15, -0.1) is 0 Å². The van der Waals surface area contributed by atoms with Gasteiger partial charge < -0.3 is 10.1 Å². The summed E-state index contributed by atoms with van der Waals surface area (Å²) in [4.78, 5) is 59.2. The summed E-state index contributed by atoms with van der Waals surface area (Å²) in [5.41, 5.74) is -4.69. The minimum atomic E-state index is -5.52. The van der Waals surface area contributed by atoms with Gasteiger partial charge in [-0.1, -0.05) is 19.9 Å². The highest BCUT2D eigenvalue weighted by Gasteiger charge is 2.58. The fourth-order valence-corrected chi connectivity index (χ4v) is 3.80. The number of anilines is 1. The summed E-state index contributed by atoms with van der Waals surface area (Å²) >= 11 is 0. The molecule has 1 aromatic carbocycles. The number of nitrogens with one attached hydrogen (secondary N) is 2. The fraction of sp³-hybridized carbons (Fsp3) is 0.280. The molecule has 0 fully saturated rings. The lowest BCUT2D eigenvalue weighted by Gasteiger charge is -2.39. The van der Waals surface area contributed by atoms with E-state index in [4.69, 9.17) is 4.74 Å². The van der Waals surface area contributed by atoms with E-state index in [-0.39, 0.29) is 12.2 Å². The monoisotopic (exact) mass is 549 g/mol. The number of ketones is 1. The number of Topliss-reactive ketones (excluding diaryl/α,β-unsaturated/α-hetero) is 1. The summed E-state index contributed by atoms with van der Waals surface area (Å²) in [5.74, 6) is -6.10. The number of alkyl halides is 3. The molecule has 39 heavy (non-hydrogen) atoms. The first kappa shape index (κ1) is 28.9. The Morgan fingerprint density at radius 2 is 1.72 bits per heavy atom. The van der Waals surface area contributed by atoms with Crippen LogP contribution in [0.5, 0.6) is 0 Å². The Morgan fingerprint density at radius 3 is 2.26 bits per heavy atom. The average Bonchev–Trinajstić information content (AvgIpc) is 2.87. The van der Waals surface area contributed by atoms with E-state index in [1.807, 2.05) is 5.32 Å². The van der Waals surface area contributed by atoms with Crippen molar-refractivity contribution in [2.45, 2.75) is 39.2 Å². The maximum absolute atomic E-state index is 13.9. The second-order valence-electron chi connectivity index (χ2n) is 8.59. The van der Waals surface area contributed by atoms with Crippen LogP contribution in [-0.4, -0.2) is 38.5 Å². The van der Waals surface area contributed by atoms with Gasteiger partial charge in [-0.3, -0.25) is 29.3 Å². The number of aromatic nitrogens is 3. The van der Waals surface area contributed by atoms with Crippen molar-refractivity contribution in [3.8, 4) is 11.4 Å². The van der Waals surface area contributed by atoms with Crippen LogP contribution in [0, 0.1) is 11.7 Å². The number of nitrogens with zero attached hydrogens (tertiary/aromatic N) is 3. The second kappa shape index (κ2) is 11.4. The van der Waals surface area contributed by atoms with Crippen molar-refractivity contribution in [1.29, 1.82) is 0 Å². The number of ether oxygens (including phenoxy) is 1. The van der Waals surface area contributed by atoms with Crippen LogP contribution in [0.15, 0.2) is 59.7 Å². The maximum atomic E-state index is 13.9. The first-order valence-corrected chi connectivity index (χ1v) is 11.4. The number of hydrogen-bond acceptors (Lipinski definition) is 7. The van der Waals surface area contributed by atoms with Gasteiger partial charge in [0.25, 0.3) is 11.3 Å². The van der Waals surface area contributed by atoms with Gasteiger partial charge in [-0.05, 0) is 36.4 Å². The molecule has 3 rings (SSSR count). The maximum Gasteiger partial charge on any atom is 0.454 e. The highest BCUT2D eigenvalue weighted by molar-refractivity contribution is 5.95. The molecule has 14 heteroatoms. The van der Waals surface area contributed by atoms with Gasteiger partial charge in [-0.25, -0.2) is 14.2 Å². The number of hydrogen-bond donors (Lipinski definition) is 2. The van der Waals surface area contributed by atoms with Gasteiger partial charge in [0.15, 0.2) is 5.66 Å². The van der Waals surface area contributed by atoms with E-state index in [2.05, 4.69) is 15.3 Å². The van der Waals surface area contributed by atoms with E-state index in [9.17, 15) is 36.7 Å². The molecule has 0 saturated heterocycles. The van der Waals surface area contributed by atoms with Crippen LogP contribution in [0.2, 0.25) is 0 Å². The van der Waals surface area contributed by atoms with Crippen LogP contribution in [0.1, 0.15) is 26.5 Å². The van der Waals surface area contributed by atoms with Crippen LogP contribution >= 0.6 is 0 Å². The van der Waals surface area contributed by atoms with Gasteiger partial charge >= 0.3 is 12.3 Å². The SMILES string of the molecule is CC(=O)NC(C(=O)C(F)(F)F)(C(C)C)n1c(-c2ccc(F)cc2)ncc(NC(=O)OCc2ccccn2)c1=O. The van der Waals surface area contributed by atoms with E-state index >= 15 is 0 Å². The molecule has 0 aliphatic heterocycles. The molecule has 3 aromatic rings. The Morgan fingerprint density at radius 1 is 1.05 bits per heavy atom. The van der Waals surface area contributed by atoms with Crippen molar-refractivity contribution < 1.29 is 36.7 Å². The quantitative estimate of drug-likeness (QED) is 0.409. The second-order valence-corrected chi connectivity index (χ2v) is 8.59. The standard InChI is InChI=1S/C25H23F4N5O5/c1-14(2)24(33-15(3)35,22(37)25(27,28)29)34-20(16-7-9-17(26)10-8-16)31-12-19(21(34)36)32-23(38)39-13-18-6-4-5-11-30-18/h4-12,14H,13H2,1-3H3,(H,32,38)(H,33,35). The Bertz CT molecular complexity index is 1430. The van der Waals surface area contributed by atoms with E-state index in [1.54, 1.807) is 18.2 Å². The average molecular weight is 549 g/mol. The zero-order chi connectivity index (χ0) is 29.0. The minimum absolute atomic E-state index is 0.0527. The lowest BCUT2D eigenvalue weighted by Crippen LogP contribution is -2.65. The van der Waals surface area contributed by atoms with E-state index in [0.717, 1.165) is 37.4 Å². The van der Waals surface area contributed by atoms with E-state index in [0.29, 0.717) is 10.3 Å². The number of carbonyl (C=O) groups excluding carboxylic acids is 3. The number of benzene rings is 1. The first-order valence-electron chi connectivity index (χ1n) is 11.4. The minimum Gasteiger partial charge on any atom is -0.443 e. The Balaban J connectivity index is 2.22. The third kappa shape index (κ3) is 6.27. The smallest absolute Gasteiger partial charge is 0.443 e. The summed E-state index contributed by atoms with van der Waals surface area (Å²) in [7, 11) is 0. The van der Waals surface area contributed by atoms with Gasteiger partial charge in [-0.2, -0.15) is 13.2 Å².